The van der Waals surface area contributed by atoms with Crippen LogP contribution in [0.5, 0.6) is 5.75 Å². The molecule has 0 heterocycles. The standard InChI is InChI=1S/C19H18O7/c1-17(24)7-12(21)19(26)14-10(5-6-18(19,25)8-17)15(22)13-9(16(14)23)3-2-4-11(13)20/h2-4,20,24-26H,5-8H2,1H3/t17-,18+,19+/m1/s1. The van der Waals surface area contributed by atoms with E-state index in [-0.39, 0.29) is 41.7 Å². The molecule has 136 valence electrons. The summed E-state index contributed by atoms with van der Waals surface area (Å²) in [6, 6.07) is 4.00. The van der Waals surface area contributed by atoms with Gasteiger partial charge < -0.3 is 20.4 Å². The zero-order valence-electron chi connectivity index (χ0n) is 14.1. The lowest BCUT2D eigenvalue weighted by Crippen LogP contribution is -2.70. The van der Waals surface area contributed by atoms with E-state index in [1.54, 1.807) is 0 Å². The summed E-state index contributed by atoms with van der Waals surface area (Å²) in [6.07, 6.45) is -0.952. The van der Waals surface area contributed by atoms with Crippen molar-refractivity contribution in [1.82, 2.24) is 0 Å². The van der Waals surface area contributed by atoms with Crippen LogP contribution in [0, 0.1) is 0 Å². The molecule has 1 aromatic carbocycles. The van der Waals surface area contributed by atoms with Crippen molar-refractivity contribution in [2.24, 2.45) is 0 Å². The molecule has 0 radical (unpaired) electrons. The number of hydrogen-bond donors (Lipinski definition) is 4. The molecule has 0 saturated heterocycles. The number of allylic oxidation sites excluding steroid dienone is 1. The van der Waals surface area contributed by atoms with Crippen molar-refractivity contribution in [2.45, 2.75) is 49.4 Å². The SMILES string of the molecule is C[C@@]1(O)CC(=O)[C@]2(O)C3=C(CC[C@]2(O)C1)C(=O)c1c(O)cccc1C3=O. The summed E-state index contributed by atoms with van der Waals surface area (Å²) in [4.78, 5) is 38.6. The van der Waals surface area contributed by atoms with Gasteiger partial charge in [-0.15, -0.1) is 0 Å². The first-order valence-corrected chi connectivity index (χ1v) is 8.37. The van der Waals surface area contributed by atoms with Crippen molar-refractivity contribution < 1.29 is 34.8 Å². The van der Waals surface area contributed by atoms with Crippen LogP contribution >= 0.6 is 0 Å². The van der Waals surface area contributed by atoms with Crippen LogP contribution in [0.1, 0.15) is 53.3 Å². The van der Waals surface area contributed by atoms with E-state index in [1.807, 2.05) is 0 Å². The largest absolute Gasteiger partial charge is 0.507 e. The fraction of sp³-hybridized carbons (Fsp3) is 0.421. The van der Waals surface area contributed by atoms with Gasteiger partial charge in [0.25, 0.3) is 0 Å². The van der Waals surface area contributed by atoms with Gasteiger partial charge in [-0.2, -0.15) is 0 Å². The summed E-state index contributed by atoms with van der Waals surface area (Å²) in [5.41, 5.74) is -6.88. The number of phenols is 1. The molecule has 3 aliphatic carbocycles. The zero-order valence-corrected chi connectivity index (χ0v) is 14.1. The second-order valence-corrected chi connectivity index (χ2v) is 7.73. The van der Waals surface area contributed by atoms with Crippen molar-refractivity contribution in [3.8, 4) is 5.75 Å². The lowest BCUT2D eigenvalue weighted by atomic mass is 9.55. The fourth-order valence-corrected chi connectivity index (χ4v) is 4.65. The van der Waals surface area contributed by atoms with Crippen molar-refractivity contribution in [1.29, 1.82) is 0 Å². The molecular formula is C19H18O7. The lowest BCUT2D eigenvalue weighted by molar-refractivity contribution is -0.201. The number of aromatic hydroxyl groups is 1. The Kier molecular flexibility index (Phi) is 3.21. The van der Waals surface area contributed by atoms with Gasteiger partial charge in [0, 0.05) is 29.6 Å². The van der Waals surface area contributed by atoms with Crippen LogP contribution in [-0.2, 0) is 4.79 Å². The number of benzene rings is 1. The number of carbonyl (C=O) groups excluding carboxylic acids is 3. The van der Waals surface area contributed by atoms with Gasteiger partial charge in [0.2, 0.25) is 0 Å². The van der Waals surface area contributed by atoms with Crippen LogP contribution in [-0.4, -0.2) is 54.6 Å². The number of phenolic OH excluding ortho intramolecular Hbond substituents is 1. The minimum atomic E-state index is -2.56. The zero-order chi connectivity index (χ0) is 19.1. The van der Waals surface area contributed by atoms with Gasteiger partial charge in [0.1, 0.15) is 11.4 Å². The fourth-order valence-electron chi connectivity index (χ4n) is 4.65. The van der Waals surface area contributed by atoms with E-state index in [0.29, 0.717) is 0 Å². The molecule has 4 rings (SSSR count). The lowest BCUT2D eigenvalue weighted by Gasteiger charge is -2.53. The molecule has 0 aliphatic heterocycles. The van der Waals surface area contributed by atoms with E-state index in [4.69, 9.17) is 0 Å². The number of rotatable bonds is 0. The predicted octanol–water partition coefficient (Wildman–Crippen LogP) is 0.438. The minimum absolute atomic E-state index is 0.0458. The highest BCUT2D eigenvalue weighted by Crippen LogP contribution is 2.53. The average molecular weight is 358 g/mol. The Morgan fingerprint density at radius 2 is 1.73 bits per heavy atom. The Hall–Kier alpha value is -2.35. The van der Waals surface area contributed by atoms with Crippen LogP contribution in [0.3, 0.4) is 0 Å². The molecule has 1 fully saturated rings. The Morgan fingerprint density at radius 1 is 1.04 bits per heavy atom. The highest BCUT2D eigenvalue weighted by molar-refractivity contribution is 6.30. The molecule has 4 N–H and O–H groups in total. The van der Waals surface area contributed by atoms with Crippen LogP contribution in [0.15, 0.2) is 29.3 Å². The van der Waals surface area contributed by atoms with E-state index in [0.717, 1.165) is 0 Å². The normalized spacial score (nSPS) is 36.5. The van der Waals surface area contributed by atoms with Crippen LogP contribution < -0.4 is 0 Å². The molecule has 1 saturated carbocycles. The number of carbonyl (C=O) groups is 3. The van der Waals surface area contributed by atoms with Gasteiger partial charge in [-0.05, 0) is 25.8 Å². The van der Waals surface area contributed by atoms with Gasteiger partial charge >= 0.3 is 0 Å². The quantitative estimate of drug-likeness (QED) is 0.529. The second kappa shape index (κ2) is 4.88. The number of ketones is 3. The summed E-state index contributed by atoms with van der Waals surface area (Å²) < 4.78 is 0. The molecule has 0 amide bonds. The Balaban J connectivity index is 1.97. The van der Waals surface area contributed by atoms with E-state index in [9.17, 15) is 34.8 Å². The highest BCUT2D eigenvalue weighted by atomic mass is 16.4. The topological polar surface area (TPSA) is 132 Å². The van der Waals surface area contributed by atoms with Gasteiger partial charge in [-0.25, -0.2) is 0 Å². The first-order valence-electron chi connectivity index (χ1n) is 8.37. The molecule has 0 aromatic heterocycles. The van der Waals surface area contributed by atoms with Crippen LogP contribution in [0.4, 0.5) is 0 Å². The second-order valence-electron chi connectivity index (χ2n) is 7.73. The first-order chi connectivity index (χ1) is 12.0. The van der Waals surface area contributed by atoms with Gasteiger partial charge in [0.15, 0.2) is 23.0 Å². The van der Waals surface area contributed by atoms with Crippen LogP contribution in [0.2, 0.25) is 0 Å². The number of fused-ring (bicyclic) bond motifs is 3. The third-order valence-electron chi connectivity index (χ3n) is 5.76. The maximum Gasteiger partial charge on any atom is 0.194 e. The molecule has 7 nitrogen and oxygen atoms in total. The monoisotopic (exact) mass is 358 g/mol. The molecule has 26 heavy (non-hydrogen) atoms. The maximum atomic E-state index is 13.1. The van der Waals surface area contributed by atoms with E-state index >= 15 is 0 Å². The predicted molar refractivity (Wildman–Crippen MR) is 87.8 cm³/mol. The Morgan fingerprint density at radius 3 is 2.42 bits per heavy atom. The Bertz CT molecular complexity index is 926. The molecule has 3 atom stereocenters. The van der Waals surface area contributed by atoms with Crippen molar-refractivity contribution in [3.63, 3.8) is 0 Å². The van der Waals surface area contributed by atoms with Crippen LogP contribution in [0.25, 0.3) is 0 Å². The maximum absolute atomic E-state index is 13.1. The number of Topliss-reactive ketones (excluding diaryl/α,β-unsaturated/α-hetero) is 3. The number of hydrogen-bond acceptors (Lipinski definition) is 7. The molecule has 0 bridgehead atoms. The van der Waals surface area contributed by atoms with Crippen molar-refractivity contribution in [2.75, 3.05) is 0 Å². The molecule has 1 aromatic rings. The smallest absolute Gasteiger partial charge is 0.194 e. The number of aliphatic hydroxyl groups is 3. The summed E-state index contributed by atoms with van der Waals surface area (Å²) in [7, 11) is 0. The third-order valence-corrected chi connectivity index (χ3v) is 5.76. The summed E-state index contributed by atoms with van der Waals surface area (Å²) in [5, 5.41) is 42.5. The van der Waals surface area contributed by atoms with E-state index < -0.39 is 46.1 Å². The third kappa shape index (κ3) is 1.90. The van der Waals surface area contributed by atoms with Gasteiger partial charge in [0.05, 0.1) is 11.2 Å². The average Bonchev–Trinajstić information content (AvgIpc) is 2.53. The summed E-state index contributed by atoms with van der Waals surface area (Å²) in [5.74, 6) is -2.64. The van der Waals surface area contributed by atoms with Gasteiger partial charge in [-0.3, -0.25) is 14.4 Å². The Labute approximate surface area is 148 Å². The van der Waals surface area contributed by atoms with Crippen molar-refractivity contribution >= 4 is 17.3 Å². The highest BCUT2D eigenvalue weighted by Gasteiger charge is 2.67. The molecule has 7 heteroatoms. The molecule has 0 unspecified atom stereocenters. The molecule has 3 aliphatic rings. The molecular weight excluding hydrogens is 340 g/mol. The van der Waals surface area contributed by atoms with Gasteiger partial charge in [-0.1, -0.05) is 12.1 Å². The van der Waals surface area contributed by atoms with E-state index in [2.05, 4.69) is 0 Å². The summed E-state index contributed by atoms with van der Waals surface area (Å²) >= 11 is 0. The first kappa shape index (κ1) is 17.1. The van der Waals surface area contributed by atoms with Crippen molar-refractivity contribution in [3.05, 3.63) is 40.5 Å². The minimum Gasteiger partial charge on any atom is -0.507 e. The molecule has 0 spiro atoms. The summed E-state index contributed by atoms with van der Waals surface area (Å²) in [6.45, 7) is 1.38. The van der Waals surface area contributed by atoms with E-state index in [1.165, 1.54) is 25.1 Å².